The van der Waals surface area contributed by atoms with Gasteiger partial charge in [-0.2, -0.15) is 0 Å². The van der Waals surface area contributed by atoms with Gasteiger partial charge in [-0.15, -0.1) is 0 Å². The van der Waals surface area contributed by atoms with Crippen molar-refractivity contribution < 1.29 is 14.3 Å². The smallest absolute Gasteiger partial charge is 0.327 e. The summed E-state index contributed by atoms with van der Waals surface area (Å²) in [5, 5.41) is 3.86. The van der Waals surface area contributed by atoms with Gasteiger partial charge in [0.2, 0.25) is 0 Å². The van der Waals surface area contributed by atoms with E-state index in [1.807, 2.05) is 12.1 Å². The van der Waals surface area contributed by atoms with Crippen molar-refractivity contribution in [3.63, 3.8) is 0 Å². The standard InChI is InChI=1S/C15H19BrClNO3/c1-2-20-15(19)14(18-9-11-4-3-7-21-11)10-5-6-13(17)12(16)8-10/h5-6,8,11,14,18H,2-4,7,9H2,1H3. The van der Waals surface area contributed by atoms with Gasteiger partial charge in [-0.05, 0) is 53.4 Å². The van der Waals surface area contributed by atoms with Gasteiger partial charge in [0, 0.05) is 17.6 Å². The van der Waals surface area contributed by atoms with Gasteiger partial charge < -0.3 is 9.47 Å². The number of hydrogen-bond donors (Lipinski definition) is 1. The van der Waals surface area contributed by atoms with Gasteiger partial charge >= 0.3 is 5.97 Å². The van der Waals surface area contributed by atoms with E-state index >= 15 is 0 Å². The van der Waals surface area contributed by atoms with Crippen molar-refractivity contribution in [1.82, 2.24) is 5.32 Å². The molecule has 1 aromatic carbocycles. The van der Waals surface area contributed by atoms with Crippen molar-refractivity contribution in [3.8, 4) is 0 Å². The predicted octanol–water partition coefficient (Wildman–Crippen LogP) is 3.48. The van der Waals surface area contributed by atoms with Crippen molar-refractivity contribution in [1.29, 1.82) is 0 Å². The summed E-state index contributed by atoms with van der Waals surface area (Å²) in [5.74, 6) is -0.287. The molecule has 0 saturated carbocycles. The molecule has 0 aromatic heterocycles. The molecule has 1 aromatic rings. The Balaban J connectivity index is 2.09. The number of ether oxygens (including phenoxy) is 2. The second-order valence-corrected chi connectivity index (χ2v) is 6.16. The Labute approximate surface area is 138 Å². The molecule has 1 N–H and O–H groups in total. The summed E-state index contributed by atoms with van der Waals surface area (Å²) in [4.78, 5) is 12.2. The first-order valence-electron chi connectivity index (χ1n) is 7.08. The van der Waals surface area contributed by atoms with Crippen LogP contribution in [0.1, 0.15) is 31.4 Å². The summed E-state index contributed by atoms with van der Waals surface area (Å²) < 4.78 is 11.5. The van der Waals surface area contributed by atoms with Crippen LogP contribution in [-0.4, -0.2) is 31.8 Å². The Morgan fingerprint density at radius 1 is 1.62 bits per heavy atom. The van der Waals surface area contributed by atoms with Crippen LogP contribution < -0.4 is 5.32 Å². The molecule has 2 rings (SSSR count). The molecule has 2 atom stereocenters. The molecule has 1 aliphatic heterocycles. The number of hydrogen-bond acceptors (Lipinski definition) is 4. The van der Waals surface area contributed by atoms with Crippen molar-refractivity contribution in [2.75, 3.05) is 19.8 Å². The van der Waals surface area contributed by atoms with Crippen LogP contribution in [0.15, 0.2) is 22.7 Å². The van der Waals surface area contributed by atoms with E-state index in [0.717, 1.165) is 29.5 Å². The third kappa shape index (κ3) is 4.68. The number of benzene rings is 1. The monoisotopic (exact) mass is 375 g/mol. The maximum Gasteiger partial charge on any atom is 0.327 e. The summed E-state index contributed by atoms with van der Waals surface area (Å²) in [6, 6.07) is 4.92. The Bertz CT molecular complexity index is 492. The fourth-order valence-electron chi connectivity index (χ4n) is 2.31. The van der Waals surface area contributed by atoms with Crippen LogP contribution in [0.2, 0.25) is 5.02 Å². The van der Waals surface area contributed by atoms with Crippen molar-refractivity contribution in [2.45, 2.75) is 31.9 Å². The van der Waals surface area contributed by atoms with Crippen molar-refractivity contribution >= 4 is 33.5 Å². The maximum absolute atomic E-state index is 12.2. The molecular formula is C15H19BrClNO3. The second-order valence-electron chi connectivity index (χ2n) is 4.90. The van der Waals surface area contributed by atoms with E-state index in [9.17, 15) is 4.79 Å². The Morgan fingerprint density at radius 2 is 2.43 bits per heavy atom. The van der Waals surface area contributed by atoms with Gasteiger partial charge in [-0.1, -0.05) is 17.7 Å². The molecule has 4 nitrogen and oxygen atoms in total. The highest BCUT2D eigenvalue weighted by Gasteiger charge is 2.24. The number of esters is 1. The first kappa shape index (κ1) is 16.7. The maximum atomic E-state index is 12.2. The van der Waals surface area contributed by atoms with E-state index in [4.69, 9.17) is 21.1 Å². The number of halogens is 2. The van der Waals surface area contributed by atoms with Gasteiger partial charge in [-0.25, -0.2) is 4.79 Å². The fraction of sp³-hybridized carbons (Fsp3) is 0.533. The average molecular weight is 377 g/mol. The quantitative estimate of drug-likeness (QED) is 0.772. The molecule has 2 unspecified atom stereocenters. The third-order valence-corrected chi connectivity index (χ3v) is 4.59. The number of carbonyl (C=O) groups excluding carboxylic acids is 1. The molecule has 6 heteroatoms. The summed E-state index contributed by atoms with van der Waals surface area (Å²) in [5.41, 5.74) is 0.822. The van der Waals surface area contributed by atoms with E-state index in [0.29, 0.717) is 18.2 Å². The molecule has 1 heterocycles. The summed E-state index contributed by atoms with van der Waals surface area (Å²) in [7, 11) is 0. The van der Waals surface area contributed by atoms with Crippen LogP contribution in [-0.2, 0) is 14.3 Å². The first-order chi connectivity index (χ1) is 10.1. The van der Waals surface area contributed by atoms with Crippen LogP contribution >= 0.6 is 27.5 Å². The minimum Gasteiger partial charge on any atom is -0.465 e. The molecular weight excluding hydrogens is 358 g/mol. The fourth-order valence-corrected chi connectivity index (χ4v) is 2.82. The lowest BCUT2D eigenvalue weighted by Crippen LogP contribution is -2.35. The number of rotatable bonds is 6. The van der Waals surface area contributed by atoms with E-state index in [2.05, 4.69) is 21.2 Å². The molecule has 116 valence electrons. The van der Waals surface area contributed by atoms with Gasteiger partial charge in [0.15, 0.2) is 0 Å². The lowest BCUT2D eigenvalue weighted by atomic mass is 10.1. The highest BCUT2D eigenvalue weighted by atomic mass is 79.9. The van der Waals surface area contributed by atoms with Crippen molar-refractivity contribution in [3.05, 3.63) is 33.3 Å². The van der Waals surface area contributed by atoms with Gasteiger partial charge in [0.1, 0.15) is 6.04 Å². The van der Waals surface area contributed by atoms with Crippen LogP contribution in [0, 0.1) is 0 Å². The third-order valence-electron chi connectivity index (χ3n) is 3.37. The van der Waals surface area contributed by atoms with E-state index in [1.54, 1.807) is 13.0 Å². The molecule has 0 radical (unpaired) electrons. The minimum absolute atomic E-state index is 0.165. The van der Waals surface area contributed by atoms with Gasteiger partial charge in [0.25, 0.3) is 0 Å². The average Bonchev–Trinajstić information content (AvgIpc) is 2.96. The topological polar surface area (TPSA) is 47.6 Å². The zero-order valence-corrected chi connectivity index (χ0v) is 14.2. The van der Waals surface area contributed by atoms with Crippen LogP contribution in [0.25, 0.3) is 0 Å². The van der Waals surface area contributed by atoms with Gasteiger partial charge in [-0.3, -0.25) is 5.32 Å². The molecule has 0 amide bonds. The second kappa shape index (κ2) is 8.13. The molecule has 0 bridgehead atoms. The van der Waals surface area contributed by atoms with Crippen molar-refractivity contribution in [2.24, 2.45) is 0 Å². The van der Waals surface area contributed by atoms with Crippen LogP contribution in [0.5, 0.6) is 0 Å². The minimum atomic E-state index is -0.511. The molecule has 1 saturated heterocycles. The highest BCUT2D eigenvalue weighted by molar-refractivity contribution is 9.10. The van der Waals surface area contributed by atoms with Crippen LogP contribution in [0.3, 0.4) is 0 Å². The Kier molecular flexibility index (Phi) is 6.48. The Hall–Kier alpha value is -0.620. The number of carbonyl (C=O) groups is 1. The summed E-state index contributed by atoms with van der Waals surface area (Å²) in [6.45, 7) is 3.57. The molecule has 0 aliphatic carbocycles. The highest BCUT2D eigenvalue weighted by Crippen LogP contribution is 2.27. The molecule has 0 spiro atoms. The largest absolute Gasteiger partial charge is 0.465 e. The SMILES string of the molecule is CCOC(=O)C(NCC1CCCO1)c1ccc(Cl)c(Br)c1. The number of nitrogens with one attached hydrogen (secondary N) is 1. The van der Waals surface area contributed by atoms with E-state index in [-0.39, 0.29) is 12.1 Å². The zero-order chi connectivity index (χ0) is 15.2. The normalized spacial score (nSPS) is 19.5. The lowest BCUT2D eigenvalue weighted by molar-refractivity contribution is -0.146. The molecule has 1 fully saturated rings. The van der Waals surface area contributed by atoms with E-state index < -0.39 is 6.04 Å². The zero-order valence-electron chi connectivity index (χ0n) is 11.9. The molecule has 21 heavy (non-hydrogen) atoms. The lowest BCUT2D eigenvalue weighted by Gasteiger charge is -2.20. The van der Waals surface area contributed by atoms with Gasteiger partial charge in [0.05, 0.1) is 17.7 Å². The summed E-state index contributed by atoms with van der Waals surface area (Å²) >= 11 is 9.39. The summed E-state index contributed by atoms with van der Waals surface area (Å²) in [6.07, 6.45) is 2.26. The predicted molar refractivity (Wildman–Crippen MR) is 85.5 cm³/mol. The van der Waals surface area contributed by atoms with Crippen LogP contribution in [0.4, 0.5) is 0 Å². The Morgan fingerprint density at radius 3 is 3.05 bits per heavy atom. The molecule has 1 aliphatic rings. The first-order valence-corrected chi connectivity index (χ1v) is 8.25. The van der Waals surface area contributed by atoms with E-state index in [1.165, 1.54) is 0 Å².